The van der Waals surface area contributed by atoms with Crippen LogP contribution in [0, 0.1) is 13.8 Å². The van der Waals surface area contributed by atoms with Crippen molar-refractivity contribution in [3.63, 3.8) is 0 Å². The largest absolute Gasteiger partial charge is 0.472 e. The van der Waals surface area contributed by atoms with E-state index in [1.165, 1.54) is 30.4 Å². The standard InChI is InChI=1S/C46H78NO10P/c1-8-10-11-12-13-14-15-19-24-30-43-44(57-43)31-25-21-22-26-32-45(48)52-36-40(37-54-58(50,51)53-35-34-47(5,6)7)55-46(49)33-27-20-17-16-18-23-29-42-39(4)38(3)41(56-42)28-9-2/h13-14,19,21,24-25,40,43-44H,8-12,15-18,20,22-23,26-37H2,1-7H3/p+1/b14-13-,24-19-,25-21-/t40-,43?,44?/m1/s1. The number of aryl methyl sites for hydroxylation is 2. The Balaban J connectivity index is 1.67. The first-order valence-corrected chi connectivity index (χ1v) is 23.7. The van der Waals surface area contributed by atoms with Crippen molar-refractivity contribution in [2.75, 3.05) is 47.5 Å². The van der Waals surface area contributed by atoms with Crippen molar-refractivity contribution in [1.82, 2.24) is 0 Å². The lowest BCUT2D eigenvalue weighted by atomic mass is 10.0. The SMILES string of the molecule is CCCCC/C=C\C/C=C\CC1OC1C/C=C\CCCC(=O)OC[C@H](COP(=O)(O)OCC[N+](C)(C)C)OC(=O)CCCCCCCCc1oc(CCC)c(C)c1C. The number of quaternary nitrogens is 1. The van der Waals surface area contributed by atoms with Crippen LogP contribution in [0.1, 0.15) is 152 Å². The number of unbranched alkanes of at least 4 members (excludes halogenated alkanes) is 9. The van der Waals surface area contributed by atoms with Gasteiger partial charge in [-0.1, -0.05) is 88.8 Å². The molecular formula is C46H79NO10P+. The van der Waals surface area contributed by atoms with Crippen LogP contribution in [0.15, 0.2) is 40.9 Å². The minimum atomic E-state index is -4.41. The highest BCUT2D eigenvalue weighted by molar-refractivity contribution is 7.47. The lowest BCUT2D eigenvalue weighted by molar-refractivity contribution is -0.870. The average Bonchev–Trinajstić information content (AvgIpc) is 3.87. The second kappa shape index (κ2) is 29.7. The number of furan rings is 1. The van der Waals surface area contributed by atoms with Crippen LogP contribution in [0.5, 0.6) is 0 Å². The molecule has 0 aliphatic carbocycles. The van der Waals surface area contributed by atoms with Gasteiger partial charge in [-0.25, -0.2) is 4.57 Å². The van der Waals surface area contributed by atoms with Crippen LogP contribution in [0.3, 0.4) is 0 Å². The summed E-state index contributed by atoms with van der Waals surface area (Å²) >= 11 is 0. The van der Waals surface area contributed by atoms with E-state index in [9.17, 15) is 19.0 Å². The molecule has 4 atom stereocenters. The van der Waals surface area contributed by atoms with E-state index >= 15 is 0 Å². The molecule has 3 unspecified atom stereocenters. The fourth-order valence-electron chi connectivity index (χ4n) is 6.39. The zero-order valence-electron chi connectivity index (χ0n) is 37.2. The van der Waals surface area contributed by atoms with Crippen LogP contribution < -0.4 is 0 Å². The van der Waals surface area contributed by atoms with Gasteiger partial charge in [0.15, 0.2) is 6.10 Å². The Kier molecular flexibility index (Phi) is 26.4. The van der Waals surface area contributed by atoms with Crippen LogP contribution in [-0.2, 0) is 50.3 Å². The van der Waals surface area contributed by atoms with Crippen molar-refractivity contribution in [2.24, 2.45) is 0 Å². The molecule has 0 radical (unpaired) electrons. The highest BCUT2D eigenvalue weighted by atomic mass is 31.2. The van der Waals surface area contributed by atoms with Gasteiger partial charge in [-0.3, -0.25) is 18.6 Å². The van der Waals surface area contributed by atoms with Crippen molar-refractivity contribution in [3.05, 3.63) is 59.1 Å². The molecule has 0 bridgehead atoms. The number of rotatable bonds is 35. The summed E-state index contributed by atoms with van der Waals surface area (Å²) in [6.07, 6.45) is 30.8. The van der Waals surface area contributed by atoms with Gasteiger partial charge in [0.1, 0.15) is 31.3 Å². The van der Waals surface area contributed by atoms with E-state index in [0.29, 0.717) is 23.9 Å². The third-order valence-electron chi connectivity index (χ3n) is 10.2. The smallest absolute Gasteiger partial charge is 0.466 e. The van der Waals surface area contributed by atoms with Crippen LogP contribution >= 0.6 is 7.82 Å². The molecule has 58 heavy (non-hydrogen) atoms. The average molecular weight is 837 g/mol. The summed E-state index contributed by atoms with van der Waals surface area (Å²) < 4.78 is 46.2. The number of likely N-dealkylation sites (N-methyl/N-ethyl adjacent to an activating group) is 1. The molecule has 0 aromatic carbocycles. The Morgan fingerprint density at radius 2 is 1.33 bits per heavy atom. The third-order valence-corrected chi connectivity index (χ3v) is 11.2. The van der Waals surface area contributed by atoms with Crippen LogP contribution in [0.4, 0.5) is 0 Å². The summed E-state index contributed by atoms with van der Waals surface area (Å²) in [6.45, 7) is 8.46. The topological polar surface area (TPSA) is 134 Å². The Hall–Kier alpha value is -2.53. The minimum Gasteiger partial charge on any atom is -0.466 e. The molecule has 1 fully saturated rings. The molecule has 2 rings (SSSR count). The Bertz CT molecular complexity index is 1430. The highest BCUT2D eigenvalue weighted by Crippen LogP contribution is 2.43. The maximum atomic E-state index is 12.8. The maximum absolute atomic E-state index is 12.8. The molecule has 2 heterocycles. The molecular weight excluding hydrogens is 757 g/mol. The zero-order chi connectivity index (χ0) is 42.7. The fraction of sp³-hybridized carbons (Fsp3) is 0.739. The number of ether oxygens (including phenoxy) is 3. The molecule has 1 aromatic heterocycles. The Labute approximate surface area is 351 Å². The molecule has 332 valence electrons. The Morgan fingerprint density at radius 1 is 0.724 bits per heavy atom. The second-order valence-corrected chi connectivity index (χ2v) is 18.2. The van der Waals surface area contributed by atoms with Gasteiger partial charge < -0.3 is 28.0 Å². The number of carbonyl (C=O) groups excluding carboxylic acids is 2. The molecule has 11 nitrogen and oxygen atoms in total. The summed E-state index contributed by atoms with van der Waals surface area (Å²) in [6, 6.07) is 0. The number of allylic oxidation sites excluding steroid dienone is 4. The number of hydrogen-bond donors (Lipinski definition) is 1. The molecule has 1 aromatic rings. The number of carbonyl (C=O) groups is 2. The predicted octanol–water partition coefficient (Wildman–Crippen LogP) is 10.8. The maximum Gasteiger partial charge on any atom is 0.472 e. The number of epoxide rings is 1. The van der Waals surface area contributed by atoms with E-state index < -0.39 is 32.5 Å². The van der Waals surface area contributed by atoms with Gasteiger partial charge in [-0.2, -0.15) is 0 Å². The summed E-state index contributed by atoms with van der Waals surface area (Å²) in [7, 11) is 1.40. The van der Waals surface area contributed by atoms with Crippen molar-refractivity contribution in [3.8, 4) is 0 Å². The van der Waals surface area contributed by atoms with Crippen molar-refractivity contribution < 1.29 is 51.2 Å². The summed E-state index contributed by atoms with van der Waals surface area (Å²) in [5.41, 5.74) is 2.56. The summed E-state index contributed by atoms with van der Waals surface area (Å²) in [5.74, 6) is 1.32. The first kappa shape index (κ1) is 51.6. The second-order valence-electron chi connectivity index (χ2n) is 16.7. The van der Waals surface area contributed by atoms with E-state index in [2.05, 4.69) is 64.2 Å². The molecule has 0 amide bonds. The van der Waals surface area contributed by atoms with Gasteiger partial charge in [0, 0.05) is 25.7 Å². The van der Waals surface area contributed by atoms with Crippen molar-refractivity contribution in [1.29, 1.82) is 0 Å². The number of phosphoric ester groups is 1. The van der Waals surface area contributed by atoms with Gasteiger partial charge in [0.25, 0.3) is 0 Å². The number of phosphoric acid groups is 1. The molecule has 0 saturated carbocycles. The molecule has 1 aliphatic heterocycles. The molecule has 0 spiro atoms. The van der Waals surface area contributed by atoms with Gasteiger partial charge in [-0.15, -0.1) is 0 Å². The monoisotopic (exact) mass is 837 g/mol. The molecule has 1 aliphatic rings. The first-order chi connectivity index (χ1) is 27.7. The summed E-state index contributed by atoms with van der Waals surface area (Å²) in [5, 5.41) is 0. The third kappa shape index (κ3) is 25.2. The van der Waals surface area contributed by atoms with Gasteiger partial charge in [-0.05, 0) is 89.2 Å². The predicted molar refractivity (Wildman–Crippen MR) is 232 cm³/mol. The van der Waals surface area contributed by atoms with E-state index in [4.69, 9.17) is 27.7 Å². The zero-order valence-corrected chi connectivity index (χ0v) is 38.1. The van der Waals surface area contributed by atoms with Crippen molar-refractivity contribution >= 4 is 19.8 Å². The van der Waals surface area contributed by atoms with Crippen LogP contribution in [0.2, 0.25) is 0 Å². The quantitative estimate of drug-likeness (QED) is 0.0176. The lowest BCUT2D eigenvalue weighted by Gasteiger charge is -2.24. The molecule has 1 saturated heterocycles. The van der Waals surface area contributed by atoms with E-state index in [1.807, 2.05) is 21.1 Å². The van der Waals surface area contributed by atoms with E-state index in [-0.39, 0.29) is 38.3 Å². The van der Waals surface area contributed by atoms with Gasteiger partial charge >= 0.3 is 19.8 Å². The number of hydrogen-bond acceptors (Lipinski definition) is 9. The fourth-order valence-corrected chi connectivity index (χ4v) is 7.13. The summed E-state index contributed by atoms with van der Waals surface area (Å²) in [4.78, 5) is 35.5. The molecule has 12 heteroatoms. The molecule has 1 N–H and O–H groups in total. The normalized spacial score (nSPS) is 17.4. The van der Waals surface area contributed by atoms with Crippen LogP contribution in [0.25, 0.3) is 0 Å². The highest BCUT2D eigenvalue weighted by Gasteiger charge is 2.36. The van der Waals surface area contributed by atoms with Crippen LogP contribution in [-0.4, -0.2) is 87.1 Å². The first-order valence-electron chi connectivity index (χ1n) is 22.2. The van der Waals surface area contributed by atoms with E-state index in [0.717, 1.165) is 95.0 Å². The van der Waals surface area contributed by atoms with E-state index in [1.54, 1.807) is 0 Å². The Morgan fingerprint density at radius 3 is 2.02 bits per heavy atom. The number of nitrogens with zero attached hydrogens (tertiary/aromatic N) is 1. The van der Waals surface area contributed by atoms with Crippen molar-refractivity contribution in [2.45, 2.75) is 174 Å². The van der Waals surface area contributed by atoms with Gasteiger partial charge in [0.2, 0.25) is 0 Å². The lowest BCUT2D eigenvalue weighted by Crippen LogP contribution is -2.37. The van der Waals surface area contributed by atoms with Gasteiger partial charge in [0.05, 0.1) is 40.0 Å². The number of esters is 2. The minimum absolute atomic E-state index is 0.0101.